The van der Waals surface area contributed by atoms with E-state index in [-0.39, 0.29) is 24.7 Å². The molecule has 5 heteroatoms. The molecule has 0 aliphatic carbocycles. The average molecular weight is 429 g/mol. The highest BCUT2D eigenvalue weighted by molar-refractivity contribution is 7.99. The van der Waals surface area contributed by atoms with E-state index in [9.17, 15) is 9.59 Å². The lowest BCUT2D eigenvalue weighted by Gasteiger charge is -2.26. The molecule has 0 unspecified atom stereocenters. The molecule has 0 spiro atoms. The standard InChI is InChI=1S/C26H24N2O2S/c29-25(11-12-26(30)28-13-15-31-16-14-28)27-20-7-10-22-19(17-20)6-9-23-21-4-2-1-3-18(21)5-8-24(22)23/h1-10,17H,11-16H2,(H,27,29). The van der Waals surface area contributed by atoms with Crippen molar-refractivity contribution in [3.63, 3.8) is 0 Å². The fourth-order valence-electron chi connectivity index (χ4n) is 4.32. The molecule has 4 aromatic carbocycles. The number of nitrogens with zero attached hydrogens (tertiary/aromatic N) is 1. The molecule has 0 aromatic heterocycles. The van der Waals surface area contributed by atoms with Crippen molar-refractivity contribution in [2.75, 3.05) is 29.9 Å². The summed E-state index contributed by atoms with van der Waals surface area (Å²) >= 11 is 1.87. The lowest BCUT2D eigenvalue weighted by molar-refractivity contribution is -0.132. The van der Waals surface area contributed by atoms with Crippen LogP contribution in [0, 0.1) is 0 Å². The van der Waals surface area contributed by atoms with Crippen molar-refractivity contribution in [2.45, 2.75) is 12.8 Å². The minimum Gasteiger partial charge on any atom is -0.341 e. The summed E-state index contributed by atoms with van der Waals surface area (Å²) in [6, 6.07) is 23.0. The Kier molecular flexibility index (Phi) is 5.51. The molecule has 0 radical (unpaired) electrons. The maximum Gasteiger partial charge on any atom is 0.224 e. The summed E-state index contributed by atoms with van der Waals surface area (Å²) < 4.78 is 0. The quantitative estimate of drug-likeness (QED) is 0.440. The van der Waals surface area contributed by atoms with Crippen molar-refractivity contribution in [3.05, 3.63) is 66.7 Å². The Hall–Kier alpha value is -3.05. The number of thioether (sulfide) groups is 1. The number of amides is 2. The van der Waals surface area contributed by atoms with E-state index in [1.165, 1.54) is 26.9 Å². The Morgan fingerprint density at radius 3 is 2.26 bits per heavy atom. The van der Waals surface area contributed by atoms with Crippen LogP contribution >= 0.6 is 11.8 Å². The second-order valence-electron chi connectivity index (χ2n) is 7.92. The first kappa shape index (κ1) is 19.9. The lowest BCUT2D eigenvalue weighted by atomic mass is 9.97. The lowest BCUT2D eigenvalue weighted by Crippen LogP contribution is -2.38. The predicted octanol–water partition coefficient (Wildman–Crippen LogP) is 5.44. The Morgan fingerprint density at radius 2 is 1.45 bits per heavy atom. The third kappa shape index (κ3) is 4.10. The Morgan fingerprint density at radius 1 is 0.774 bits per heavy atom. The summed E-state index contributed by atoms with van der Waals surface area (Å²) in [7, 11) is 0. The zero-order chi connectivity index (χ0) is 21.2. The minimum absolute atomic E-state index is 0.0765. The van der Waals surface area contributed by atoms with Crippen LogP contribution in [0.25, 0.3) is 32.3 Å². The van der Waals surface area contributed by atoms with Crippen molar-refractivity contribution in [1.82, 2.24) is 4.90 Å². The summed E-state index contributed by atoms with van der Waals surface area (Å²) in [5, 5.41) is 10.1. The molecule has 4 nitrogen and oxygen atoms in total. The number of hydrogen-bond donors (Lipinski definition) is 1. The molecule has 1 saturated heterocycles. The fraction of sp³-hybridized carbons (Fsp3) is 0.231. The van der Waals surface area contributed by atoms with Crippen molar-refractivity contribution >= 4 is 61.6 Å². The average Bonchev–Trinajstić information content (AvgIpc) is 2.82. The molecular weight excluding hydrogens is 404 g/mol. The Labute approximate surface area is 185 Å². The summed E-state index contributed by atoms with van der Waals surface area (Å²) in [6.45, 7) is 1.58. The van der Waals surface area contributed by atoms with Crippen LogP contribution in [0.4, 0.5) is 5.69 Å². The van der Waals surface area contributed by atoms with Gasteiger partial charge in [-0.05, 0) is 44.5 Å². The summed E-state index contributed by atoms with van der Waals surface area (Å²) in [4.78, 5) is 26.6. The molecule has 1 N–H and O–H groups in total. The second kappa shape index (κ2) is 8.60. The van der Waals surface area contributed by atoms with Gasteiger partial charge in [0.05, 0.1) is 0 Å². The van der Waals surface area contributed by atoms with E-state index in [0.29, 0.717) is 0 Å². The van der Waals surface area contributed by atoms with Crippen molar-refractivity contribution in [3.8, 4) is 0 Å². The van der Waals surface area contributed by atoms with E-state index in [4.69, 9.17) is 0 Å². The molecule has 0 atom stereocenters. The molecule has 0 saturated carbocycles. The van der Waals surface area contributed by atoms with Gasteiger partial charge in [0, 0.05) is 43.1 Å². The topological polar surface area (TPSA) is 49.4 Å². The SMILES string of the molecule is O=C(CCC(=O)N1CCSCC1)Nc1ccc2c(ccc3c4ccccc4ccc23)c1. The van der Waals surface area contributed by atoms with Crippen LogP contribution in [-0.2, 0) is 9.59 Å². The first-order valence-corrected chi connectivity index (χ1v) is 11.8. The Bertz CT molecular complexity index is 1290. The van der Waals surface area contributed by atoms with Crippen LogP contribution < -0.4 is 5.32 Å². The van der Waals surface area contributed by atoms with Gasteiger partial charge in [0.15, 0.2) is 0 Å². The normalized spacial score (nSPS) is 14.3. The van der Waals surface area contributed by atoms with Crippen molar-refractivity contribution in [1.29, 1.82) is 0 Å². The maximum absolute atomic E-state index is 12.4. The van der Waals surface area contributed by atoms with Crippen LogP contribution in [0.5, 0.6) is 0 Å². The molecule has 5 rings (SSSR count). The second-order valence-corrected chi connectivity index (χ2v) is 9.15. The smallest absolute Gasteiger partial charge is 0.224 e. The highest BCUT2D eigenvalue weighted by atomic mass is 32.2. The van der Waals surface area contributed by atoms with E-state index in [1.54, 1.807) is 0 Å². The Balaban J connectivity index is 1.32. The molecule has 0 bridgehead atoms. The van der Waals surface area contributed by atoms with Gasteiger partial charge in [0.2, 0.25) is 11.8 Å². The van der Waals surface area contributed by atoms with Crippen LogP contribution in [0.3, 0.4) is 0 Å². The van der Waals surface area contributed by atoms with Gasteiger partial charge in [0.1, 0.15) is 0 Å². The largest absolute Gasteiger partial charge is 0.341 e. The first-order chi connectivity index (χ1) is 15.2. The number of anilines is 1. The number of rotatable bonds is 4. The zero-order valence-corrected chi connectivity index (χ0v) is 18.1. The van der Waals surface area contributed by atoms with Crippen LogP contribution in [0.1, 0.15) is 12.8 Å². The maximum atomic E-state index is 12.4. The molecule has 4 aromatic rings. The van der Waals surface area contributed by atoms with Gasteiger partial charge in [-0.3, -0.25) is 9.59 Å². The van der Waals surface area contributed by atoms with Crippen LogP contribution in [-0.4, -0.2) is 41.3 Å². The molecule has 1 aliphatic heterocycles. The summed E-state index contributed by atoms with van der Waals surface area (Å²) in [5.74, 6) is 1.93. The van der Waals surface area contributed by atoms with Gasteiger partial charge >= 0.3 is 0 Å². The number of fused-ring (bicyclic) bond motifs is 5. The molecule has 2 amide bonds. The summed E-state index contributed by atoms with van der Waals surface area (Å²) in [6.07, 6.45) is 0.478. The van der Waals surface area contributed by atoms with Crippen LogP contribution in [0.15, 0.2) is 66.7 Å². The van der Waals surface area contributed by atoms with Gasteiger partial charge in [-0.25, -0.2) is 0 Å². The first-order valence-electron chi connectivity index (χ1n) is 10.7. The number of nitrogens with one attached hydrogen (secondary N) is 1. The number of hydrogen-bond acceptors (Lipinski definition) is 3. The third-order valence-corrected chi connectivity index (χ3v) is 6.90. The molecule has 1 aliphatic rings. The van der Waals surface area contributed by atoms with E-state index in [2.05, 4.69) is 59.9 Å². The predicted molar refractivity (Wildman–Crippen MR) is 131 cm³/mol. The van der Waals surface area contributed by atoms with E-state index in [1.807, 2.05) is 28.8 Å². The van der Waals surface area contributed by atoms with Crippen molar-refractivity contribution in [2.24, 2.45) is 0 Å². The van der Waals surface area contributed by atoms with Gasteiger partial charge in [-0.1, -0.05) is 54.6 Å². The number of carbonyl (C=O) groups excluding carboxylic acids is 2. The molecule has 156 valence electrons. The number of benzene rings is 4. The fourth-order valence-corrected chi connectivity index (χ4v) is 5.22. The van der Waals surface area contributed by atoms with Crippen LogP contribution in [0.2, 0.25) is 0 Å². The molecular formula is C26H24N2O2S. The molecule has 1 heterocycles. The zero-order valence-electron chi connectivity index (χ0n) is 17.3. The van der Waals surface area contributed by atoms with E-state index >= 15 is 0 Å². The highest BCUT2D eigenvalue weighted by Gasteiger charge is 2.17. The van der Waals surface area contributed by atoms with Gasteiger partial charge < -0.3 is 10.2 Å². The van der Waals surface area contributed by atoms with Gasteiger partial charge in [0.25, 0.3) is 0 Å². The van der Waals surface area contributed by atoms with Gasteiger partial charge in [-0.2, -0.15) is 11.8 Å². The highest BCUT2D eigenvalue weighted by Crippen LogP contribution is 2.32. The molecule has 1 fully saturated rings. The van der Waals surface area contributed by atoms with E-state index < -0.39 is 0 Å². The monoisotopic (exact) mass is 428 g/mol. The third-order valence-electron chi connectivity index (χ3n) is 5.96. The molecule has 31 heavy (non-hydrogen) atoms. The van der Waals surface area contributed by atoms with Crippen molar-refractivity contribution < 1.29 is 9.59 Å². The van der Waals surface area contributed by atoms with E-state index in [0.717, 1.165) is 35.7 Å². The van der Waals surface area contributed by atoms with Gasteiger partial charge in [-0.15, -0.1) is 0 Å². The summed E-state index contributed by atoms with van der Waals surface area (Å²) in [5.41, 5.74) is 0.763. The number of carbonyl (C=O) groups is 2. The minimum atomic E-state index is -0.120.